The summed E-state index contributed by atoms with van der Waals surface area (Å²) >= 11 is 0. The molecule has 3 fully saturated rings. The molecule has 2 aromatic carbocycles. The van der Waals surface area contributed by atoms with Gasteiger partial charge in [0.15, 0.2) is 11.5 Å². The number of nitrogens with zero attached hydrogens (tertiary/aromatic N) is 3. The van der Waals surface area contributed by atoms with Crippen LogP contribution in [-0.2, 0) is 16.6 Å². The standard InChI is InChI=1S/C30H33N3O6/c1-31(25(35)11-6-18-4-8-21(9-5-18)33(37)38)22-12-13-30(36)24-16-20-7-10-23(34)27-26(20)29(30,28(22)39-27)14-15-32(24)17-19-2-3-19/h4-11,19,22,24,28,34,36H,2-3,12-17H2,1H3/b11-6+/t22?,24-,28?,29+,30-/m1/s1. The molecule has 204 valence electrons. The van der Waals surface area contributed by atoms with E-state index in [2.05, 4.69) is 4.90 Å². The Hall–Kier alpha value is -3.43. The fourth-order valence-corrected chi connectivity index (χ4v) is 8.01. The van der Waals surface area contributed by atoms with Crippen LogP contribution in [0.3, 0.4) is 0 Å². The van der Waals surface area contributed by atoms with Crippen LogP contribution in [0.4, 0.5) is 5.69 Å². The Morgan fingerprint density at radius 3 is 2.69 bits per heavy atom. The SMILES string of the molecule is CN(C(=O)/C=C/c1ccc([N+](=O)[O-])cc1)C1CC[C@@]2(O)[C@H]3Cc4ccc(O)c5c4[C@@]2(CCN3CC2CC2)C1O5. The lowest BCUT2D eigenvalue weighted by Crippen LogP contribution is -2.78. The Bertz CT molecular complexity index is 1390. The molecule has 0 radical (unpaired) electrons. The van der Waals surface area contributed by atoms with Crippen molar-refractivity contribution in [1.82, 2.24) is 9.80 Å². The Kier molecular flexibility index (Phi) is 5.38. The van der Waals surface area contributed by atoms with Crippen molar-refractivity contribution in [2.75, 3.05) is 20.1 Å². The largest absolute Gasteiger partial charge is 0.504 e. The fourth-order valence-electron chi connectivity index (χ4n) is 8.01. The number of carbonyl (C=O) groups excluding carboxylic acids is 1. The van der Waals surface area contributed by atoms with Crippen LogP contribution in [0.1, 0.15) is 48.8 Å². The number of piperidine rings is 1. The number of benzene rings is 2. The lowest BCUT2D eigenvalue weighted by molar-refractivity contribution is -0.384. The van der Waals surface area contributed by atoms with E-state index in [1.165, 1.54) is 31.1 Å². The highest BCUT2D eigenvalue weighted by Crippen LogP contribution is 2.66. The third kappa shape index (κ3) is 3.49. The summed E-state index contributed by atoms with van der Waals surface area (Å²) in [5.41, 5.74) is 1.10. The number of phenolic OH excluding ortho intramolecular Hbond substituents is 1. The van der Waals surface area contributed by atoms with E-state index in [9.17, 15) is 25.1 Å². The van der Waals surface area contributed by atoms with Gasteiger partial charge in [0.1, 0.15) is 6.10 Å². The molecule has 2 unspecified atom stereocenters. The number of rotatable bonds is 6. The predicted octanol–water partition coefficient (Wildman–Crippen LogP) is 3.40. The van der Waals surface area contributed by atoms with Gasteiger partial charge in [-0.05, 0) is 86.4 Å². The van der Waals surface area contributed by atoms with E-state index in [1.807, 2.05) is 6.07 Å². The van der Waals surface area contributed by atoms with Crippen molar-refractivity contribution >= 4 is 17.7 Å². The number of ether oxygens (including phenoxy) is 1. The van der Waals surface area contributed by atoms with Gasteiger partial charge < -0.3 is 19.8 Å². The van der Waals surface area contributed by atoms with E-state index in [1.54, 1.807) is 36.2 Å². The normalized spacial score (nSPS) is 32.5. The summed E-state index contributed by atoms with van der Waals surface area (Å²) in [6, 6.07) is 9.44. The molecule has 1 saturated heterocycles. The zero-order valence-electron chi connectivity index (χ0n) is 22.0. The van der Waals surface area contributed by atoms with Crippen LogP contribution in [-0.4, -0.2) is 74.8 Å². The van der Waals surface area contributed by atoms with Gasteiger partial charge in [0, 0.05) is 43.4 Å². The van der Waals surface area contributed by atoms with Crippen molar-refractivity contribution < 1.29 is 24.7 Å². The highest BCUT2D eigenvalue weighted by Gasteiger charge is 2.73. The number of carbonyl (C=O) groups is 1. The maximum Gasteiger partial charge on any atom is 0.269 e. The number of amides is 1. The Morgan fingerprint density at radius 1 is 1.21 bits per heavy atom. The third-order valence-electron chi connectivity index (χ3n) is 10.1. The zero-order valence-corrected chi connectivity index (χ0v) is 22.0. The van der Waals surface area contributed by atoms with Crippen LogP contribution in [0.25, 0.3) is 6.08 Å². The Labute approximate surface area is 226 Å². The molecule has 9 nitrogen and oxygen atoms in total. The topological polar surface area (TPSA) is 116 Å². The highest BCUT2D eigenvalue weighted by molar-refractivity contribution is 5.92. The van der Waals surface area contributed by atoms with Gasteiger partial charge in [-0.15, -0.1) is 0 Å². The zero-order chi connectivity index (χ0) is 27.1. The quantitative estimate of drug-likeness (QED) is 0.333. The number of aliphatic hydroxyl groups is 1. The van der Waals surface area contributed by atoms with Crippen molar-refractivity contribution in [2.24, 2.45) is 5.92 Å². The molecule has 2 N–H and O–H groups in total. The molecule has 9 heteroatoms. The van der Waals surface area contributed by atoms with Crippen LogP contribution >= 0.6 is 0 Å². The number of aromatic hydroxyl groups is 1. The lowest BCUT2D eigenvalue weighted by atomic mass is 9.48. The first kappa shape index (κ1) is 24.6. The van der Waals surface area contributed by atoms with Gasteiger partial charge in [0.25, 0.3) is 5.69 Å². The molecule has 5 aliphatic rings. The second kappa shape index (κ2) is 8.53. The van der Waals surface area contributed by atoms with Crippen molar-refractivity contribution in [3.05, 3.63) is 69.3 Å². The van der Waals surface area contributed by atoms with Crippen LogP contribution in [0.5, 0.6) is 11.5 Å². The van der Waals surface area contributed by atoms with Gasteiger partial charge in [-0.25, -0.2) is 0 Å². The average Bonchev–Trinajstić information content (AvgIpc) is 3.67. The van der Waals surface area contributed by atoms with E-state index >= 15 is 0 Å². The first-order chi connectivity index (χ1) is 18.7. The minimum atomic E-state index is -0.994. The number of likely N-dealkylation sites (tertiary alicyclic amines) is 1. The number of phenols is 1. The van der Waals surface area contributed by atoms with E-state index in [0.29, 0.717) is 24.2 Å². The molecule has 2 saturated carbocycles. The monoisotopic (exact) mass is 531 g/mol. The van der Waals surface area contributed by atoms with E-state index in [4.69, 9.17) is 4.74 Å². The minimum Gasteiger partial charge on any atom is -0.504 e. The first-order valence-corrected chi connectivity index (χ1v) is 13.9. The molecule has 39 heavy (non-hydrogen) atoms. The molecule has 0 aromatic heterocycles. The Balaban J connectivity index is 1.21. The van der Waals surface area contributed by atoms with Crippen LogP contribution in [0.2, 0.25) is 0 Å². The van der Waals surface area contributed by atoms with Crippen molar-refractivity contribution in [1.29, 1.82) is 0 Å². The maximum absolute atomic E-state index is 13.4. The highest BCUT2D eigenvalue weighted by atomic mass is 16.6. The number of nitro benzene ring substituents is 1. The molecule has 7 rings (SSSR count). The molecule has 3 aliphatic carbocycles. The molecule has 1 amide bonds. The summed E-state index contributed by atoms with van der Waals surface area (Å²) in [6.45, 7) is 1.88. The summed E-state index contributed by atoms with van der Waals surface area (Å²) in [5, 5.41) is 34.3. The molecule has 1 spiro atoms. The van der Waals surface area contributed by atoms with Gasteiger partial charge in [-0.2, -0.15) is 0 Å². The van der Waals surface area contributed by atoms with Gasteiger partial charge in [0.05, 0.1) is 22.0 Å². The molecule has 2 heterocycles. The summed E-state index contributed by atoms with van der Waals surface area (Å²) in [7, 11) is 1.77. The van der Waals surface area contributed by atoms with Crippen molar-refractivity contribution in [2.45, 2.75) is 67.7 Å². The van der Waals surface area contributed by atoms with Crippen LogP contribution in [0.15, 0.2) is 42.5 Å². The average molecular weight is 532 g/mol. The fraction of sp³-hybridized carbons (Fsp3) is 0.500. The van der Waals surface area contributed by atoms with E-state index in [-0.39, 0.29) is 29.4 Å². The summed E-state index contributed by atoms with van der Waals surface area (Å²) in [6.07, 6.45) is 7.79. The van der Waals surface area contributed by atoms with Gasteiger partial charge in [-0.1, -0.05) is 6.07 Å². The number of hydrogen-bond donors (Lipinski definition) is 2. The van der Waals surface area contributed by atoms with Gasteiger partial charge in [-0.3, -0.25) is 19.8 Å². The maximum atomic E-state index is 13.4. The number of likely N-dealkylation sites (N-methyl/N-ethyl adjacent to an activating group) is 1. The number of nitro groups is 1. The molecule has 2 aromatic rings. The third-order valence-corrected chi connectivity index (χ3v) is 10.1. The van der Waals surface area contributed by atoms with E-state index < -0.39 is 22.0 Å². The predicted molar refractivity (Wildman–Crippen MR) is 143 cm³/mol. The summed E-state index contributed by atoms with van der Waals surface area (Å²) < 4.78 is 6.58. The van der Waals surface area contributed by atoms with Gasteiger partial charge >= 0.3 is 0 Å². The van der Waals surface area contributed by atoms with Gasteiger partial charge in [0.2, 0.25) is 5.91 Å². The second-order valence-electron chi connectivity index (χ2n) is 12.0. The second-order valence-corrected chi connectivity index (χ2v) is 12.0. The van der Waals surface area contributed by atoms with Crippen LogP contribution < -0.4 is 4.74 Å². The first-order valence-electron chi connectivity index (χ1n) is 13.9. The number of non-ortho nitro benzene ring substituents is 1. The number of hydrogen-bond acceptors (Lipinski definition) is 7. The molecule has 2 aliphatic heterocycles. The van der Waals surface area contributed by atoms with E-state index in [0.717, 1.165) is 43.0 Å². The van der Waals surface area contributed by atoms with Crippen molar-refractivity contribution in [3.63, 3.8) is 0 Å². The van der Waals surface area contributed by atoms with Crippen LogP contribution in [0, 0.1) is 16.0 Å². The molecular formula is C30H33N3O6. The smallest absolute Gasteiger partial charge is 0.269 e. The molecule has 2 bridgehead atoms. The lowest BCUT2D eigenvalue weighted by Gasteiger charge is -2.64. The molecule has 5 atom stereocenters. The Morgan fingerprint density at radius 2 is 1.97 bits per heavy atom. The molecular weight excluding hydrogens is 498 g/mol. The summed E-state index contributed by atoms with van der Waals surface area (Å²) in [5.74, 6) is 1.07. The van der Waals surface area contributed by atoms with Crippen molar-refractivity contribution in [3.8, 4) is 11.5 Å². The summed E-state index contributed by atoms with van der Waals surface area (Å²) in [4.78, 5) is 28.0. The minimum absolute atomic E-state index is 0.000853.